The Morgan fingerprint density at radius 3 is 2.09 bits per heavy atom. The van der Waals surface area contributed by atoms with Crippen LogP contribution in [0.3, 0.4) is 0 Å². The quantitative estimate of drug-likeness (QED) is 0.767. The number of hydrogen-bond donors (Lipinski definition) is 0. The molecule has 0 saturated heterocycles. The zero-order valence-corrected chi connectivity index (χ0v) is 13.3. The highest BCUT2D eigenvalue weighted by Gasteiger charge is 2.38. The first-order valence-corrected chi connectivity index (χ1v) is 7.42. The van der Waals surface area contributed by atoms with Gasteiger partial charge in [0.2, 0.25) is 0 Å². The lowest BCUT2D eigenvalue weighted by atomic mass is 10.1. The molecule has 0 N–H and O–H groups in total. The van der Waals surface area contributed by atoms with Gasteiger partial charge >= 0.3 is 5.97 Å². The summed E-state index contributed by atoms with van der Waals surface area (Å²) in [6, 6.07) is 13.1. The smallest absolute Gasteiger partial charge is 0.370 e. The van der Waals surface area contributed by atoms with Crippen LogP contribution in [-0.4, -0.2) is 29.5 Å². The zero-order chi connectivity index (χ0) is 16.4. The van der Waals surface area contributed by atoms with Crippen LogP contribution >= 0.6 is 15.9 Å². The highest BCUT2D eigenvalue weighted by atomic mass is 79.9. The summed E-state index contributed by atoms with van der Waals surface area (Å²) in [6.45, 7) is -0.422. The molecule has 7 heteroatoms. The molecular weight excluding hydrogens is 366 g/mol. The van der Waals surface area contributed by atoms with Crippen LogP contribution in [0.4, 0.5) is 0 Å². The van der Waals surface area contributed by atoms with Gasteiger partial charge in [0, 0.05) is 4.47 Å². The van der Waals surface area contributed by atoms with E-state index in [1.165, 1.54) is 12.1 Å². The van der Waals surface area contributed by atoms with Gasteiger partial charge < -0.3 is 9.57 Å². The van der Waals surface area contributed by atoms with E-state index in [-0.39, 0.29) is 11.1 Å². The number of amides is 2. The SMILES string of the molecule is O=C(COc1ccc(Br)cc1)ON1C(=O)c2ccccc2C1=O. The number of ether oxygens (including phenoxy) is 1. The van der Waals surface area contributed by atoms with Crippen molar-refractivity contribution in [1.82, 2.24) is 5.06 Å². The molecule has 0 aromatic heterocycles. The van der Waals surface area contributed by atoms with Crippen LogP contribution in [0, 0.1) is 0 Å². The molecule has 0 unspecified atom stereocenters. The van der Waals surface area contributed by atoms with Crippen LogP contribution in [-0.2, 0) is 9.63 Å². The molecule has 0 bridgehead atoms. The van der Waals surface area contributed by atoms with E-state index < -0.39 is 24.4 Å². The van der Waals surface area contributed by atoms with Crippen molar-refractivity contribution >= 4 is 33.7 Å². The van der Waals surface area contributed by atoms with Crippen molar-refractivity contribution in [1.29, 1.82) is 0 Å². The Morgan fingerprint density at radius 2 is 1.52 bits per heavy atom. The Morgan fingerprint density at radius 1 is 0.957 bits per heavy atom. The number of carbonyl (C=O) groups is 3. The third-order valence-electron chi connectivity index (χ3n) is 3.12. The molecule has 1 heterocycles. The van der Waals surface area contributed by atoms with Gasteiger partial charge in [-0.3, -0.25) is 9.59 Å². The number of hydroxylamine groups is 2. The molecule has 116 valence electrons. The van der Waals surface area contributed by atoms with Crippen LogP contribution < -0.4 is 4.74 Å². The van der Waals surface area contributed by atoms with E-state index in [1.54, 1.807) is 36.4 Å². The average Bonchev–Trinajstić information content (AvgIpc) is 2.80. The van der Waals surface area contributed by atoms with Gasteiger partial charge in [-0.05, 0) is 36.4 Å². The molecule has 2 aromatic carbocycles. The Kier molecular flexibility index (Phi) is 4.12. The maximum absolute atomic E-state index is 12.0. The largest absolute Gasteiger partial charge is 0.482 e. The van der Waals surface area contributed by atoms with E-state index >= 15 is 0 Å². The fourth-order valence-electron chi connectivity index (χ4n) is 2.05. The molecule has 2 aromatic rings. The first kappa shape index (κ1) is 15.2. The highest BCUT2D eigenvalue weighted by molar-refractivity contribution is 9.10. The molecule has 1 aliphatic heterocycles. The summed E-state index contributed by atoms with van der Waals surface area (Å²) < 4.78 is 6.11. The monoisotopic (exact) mass is 375 g/mol. The van der Waals surface area contributed by atoms with Gasteiger partial charge in [0.1, 0.15) is 5.75 Å². The number of nitrogens with zero attached hydrogens (tertiary/aromatic N) is 1. The first-order chi connectivity index (χ1) is 11.1. The fourth-order valence-corrected chi connectivity index (χ4v) is 2.32. The number of hydrogen-bond acceptors (Lipinski definition) is 5. The minimum Gasteiger partial charge on any atom is -0.482 e. The van der Waals surface area contributed by atoms with E-state index in [0.717, 1.165) is 4.47 Å². The van der Waals surface area contributed by atoms with Crippen molar-refractivity contribution in [2.24, 2.45) is 0 Å². The lowest BCUT2D eigenvalue weighted by Crippen LogP contribution is -2.34. The normalized spacial score (nSPS) is 13.0. The van der Waals surface area contributed by atoms with Crippen molar-refractivity contribution in [2.45, 2.75) is 0 Å². The van der Waals surface area contributed by atoms with Gasteiger partial charge in [-0.15, -0.1) is 0 Å². The molecular formula is C16H10BrNO5. The minimum atomic E-state index is -0.845. The lowest BCUT2D eigenvalue weighted by Gasteiger charge is -2.13. The summed E-state index contributed by atoms with van der Waals surface area (Å²) >= 11 is 3.28. The predicted octanol–water partition coefficient (Wildman–Crippen LogP) is 2.58. The third kappa shape index (κ3) is 3.09. The number of carbonyl (C=O) groups excluding carboxylic acids is 3. The molecule has 2 amide bonds. The van der Waals surface area contributed by atoms with E-state index in [4.69, 9.17) is 9.57 Å². The third-order valence-corrected chi connectivity index (χ3v) is 3.65. The molecule has 23 heavy (non-hydrogen) atoms. The van der Waals surface area contributed by atoms with Crippen LogP contribution in [0.25, 0.3) is 0 Å². The van der Waals surface area contributed by atoms with Crippen molar-refractivity contribution in [2.75, 3.05) is 6.61 Å². The summed E-state index contributed by atoms with van der Waals surface area (Å²) in [5, 5.41) is 0.456. The summed E-state index contributed by atoms with van der Waals surface area (Å²) in [6.07, 6.45) is 0. The number of fused-ring (bicyclic) bond motifs is 1. The van der Waals surface area contributed by atoms with E-state index in [0.29, 0.717) is 10.8 Å². The lowest BCUT2D eigenvalue weighted by molar-refractivity contribution is -0.170. The van der Waals surface area contributed by atoms with Crippen molar-refractivity contribution in [3.63, 3.8) is 0 Å². The Bertz CT molecular complexity index is 752. The Labute approximate surface area is 139 Å². The summed E-state index contributed by atoms with van der Waals surface area (Å²) in [5.41, 5.74) is 0.415. The van der Waals surface area contributed by atoms with Crippen LogP contribution in [0.5, 0.6) is 5.75 Å². The second kappa shape index (κ2) is 6.21. The molecule has 1 aliphatic rings. The van der Waals surface area contributed by atoms with Gasteiger partial charge in [-0.1, -0.05) is 33.1 Å². The summed E-state index contributed by atoms with van der Waals surface area (Å²) in [7, 11) is 0. The van der Waals surface area contributed by atoms with Crippen molar-refractivity contribution in [3.05, 3.63) is 64.1 Å². The van der Waals surface area contributed by atoms with Gasteiger partial charge in [-0.2, -0.15) is 0 Å². The number of rotatable bonds is 4. The molecule has 0 atom stereocenters. The van der Waals surface area contributed by atoms with E-state index in [1.807, 2.05) is 0 Å². The minimum absolute atomic E-state index is 0.208. The molecule has 0 fully saturated rings. The maximum Gasteiger partial charge on any atom is 0.370 e. The number of halogens is 1. The molecule has 0 saturated carbocycles. The molecule has 6 nitrogen and oxygen atoms in total. The number of benzene rings is 2. The predicted molar refractivity (Wildman–Crippen MR) is 82.7 cm³/mol. The highest BCUT2D eigenvalue weighted by Crippen LogP contribution is 2.22. The van der Waals surface area contributed by atoms with Crippen molar-refractivity contribution < 1.29 is 24.0 Å². The van der Waals surface area contributed by atoms with E-state index in [2.05, 4.69) is 15.9 Å². The van der Waals surface area contributed by atoms with Crippen molar-refractivity contribution in [3.8, 4) is 5.75 Å². The van der Waals surface area contributed by atoms with Gasteiger partial charge in [0.15, 0.2) is 6.61 Å². The average molecular weight is 376 g/mol. The second-order valence-corrected chi connectivity index (χ2v) is 5.57. The topological polar surface area (TPSA) is 72.9 Å². The Balaban J connectivity index is 1.62. The summed E-state index contributed by atoms with van der Waals surface area (Å²) in [5.74, 6) is -1.71. The summed E-state index contributed by atoms with van der Waals surface area (Å²) in [4.78, 5) is 40.7. The number of imide groups is 1. The second-order valence-electron chi connectivity index (χ2n) is 4.66. The molecule has 0 aliphatic carbocycles. The Hall–Kier alpha value is -2.67. The first-order valence-electron chi connectivity index (χ1n) is 6.63. The van der Waals surface area contributed by atoms with Gasteiger partial charge in [0.05, 0.1) is 11.1 Å². The van der Waals surface area contributed by atoms with Gasteiger partial charge in [-0.25, -0.2) is 4.79 Å². The van der Waals surface area contributed by atoms with Crippen LogP contribution in [0.1, 0.15) is 20.7 Å². The fraction of sp³-hybridized carbons (Fsp3) is 0.0625. The van der Waals surface area contributed by atoms with Crippen LogP contribution in [0.2, 0.25) is 0 Å². The standard InChI is InChI=1S/C16H10BrNO5/c17-10-5-7-11(8-6-10)22-9-14(19)23-18-15(20)12-3-1-2-4-13(12)16(18)21/h1-8H,9H2. The van der Waals surface area contributed by atoms with E-state index in [9.17, 15) is 14.4 Å². The molecule has 0 spiro atoms. The molecule has 0 radical (unpaired) electrons. The maximum atomic E-state index is 12.0. The molecule has 3 rings (SSSR count). The van der Waals surface area contributed by atoms with Gasteiger partial charge in [0.25, 0.3) is 11.8 Å². The van der Waals surface area contributed by atoms with Crippen LogP contribution in [0.15, 0.2) is 53.0 Å². The zero-order valence-electron chi connectivity index (χ0n) is 11.7.